The Labute approximate surface area is 160 Å². The van der Waals surface area contributed by atoms with Gasteiger partial charge in [-0.3, -0.25) is 4.79 Å². The Morgan fingerprint density at radius 3 is 2.07 bits per heavy atom. The van der Waals surface area contributed by atoms with Crippen LogP contribution in [0.4, 0.5) is 5.69 Å². The van der Waals surface area contributed by atoms with Crippen molar-refractivity contribution in [2.75, 3.05) is 19.5 Å². The fourth-order valence-electron chi connectivity index (χ4n) is 2.81. The summed E-state index contributed by atoms with van der Waals surface area (Å²) in [6.45, 7) is 0. The molecule has 0 fully saturated rings. The molecular weight excluding hydrogens is 362 g/mol. The van der Waals surface area contributed by atoms with E-state index in [-0.39, 0.29) is 28.1 Å². The maximum absolute atomic E-state index is 12.7. The summed E-state index contributed by atoms with van der Waals surface area (Å²) in [6, 6.07) is 14.4. The predicted octanol–water partition coefficient (Wildman–Crippen LogP) is 3.37. The number of phenolic OH excluding ortho intramolecular Hbond substituents is 1. The summed E-state index contributed by atoms with van der Waals surface area (Å²) in [5.41, 5.74) is 0.384. The first-order valence-corrected chi connectivity index (χ1v) is 8.28. The van der Waals surface area contributed by atoms with Crippen molar-refractivity contribution in [3.05, 3.63) is 71.3 Å². The van der Waals surface area contributed by atoms with Gasteiger partial charge in [0.25, 0.3) is 5.91 Å². The SMILES string of the molecule is COC(=O)c1cc(NC(=O)c2ccc3ccccc3c2O)cc(C(=O)OC)c1. The summed E-state index contributed by atoms with van der Waals surface area (Å²) in [5.74, 6) is -2.10. The van der Waals surface area contributed by atoms with E-state index in [1.54, 1.807) is 18.2 Å². The van der Waals surface area contributed by atoms with Gasteiger partial charge < -0.3 is 19.9 Å². The zero-order valence-electron chi connectivity index (χ0n) is 15.2. The zero-order chi connectivity index (χ0) is 20.3. The number of ether oxygens (including phenoxy) is 2. The average Bonchev–Trinajstić information content (AvgIpc) is 2.72. The molecule has 0 aliphatic carbocycles. The average molecular weight is 379 g/mol. The molecule has 0 saturated heterocycles. The Bertz CT molecular complexity index is 1060. The number of hydrogen-bond acceptors (Lipinski definition) is 6. The van der Waals surface area contributed by atoms with Crippen molar-refractivity contribution in [1.82, 2.24) is 0 Å². The van der Waals surface area contributed by atoms with Crippen LogP contribution in [0, 0.1) is 0 Å². The molecule has 2 N–H and O–H groups in total. The van der Waals surface area contributed by atoms with Crippen LogP contribution in [-0.2, 0) is 9.47 Å². The van der Waals surface area contributed by atoms with E-state index in [2.05, 4.69) is 14.8 Å². The Morgan fingerprint density at radius 1 is 0.857 bits per heavy atom. The van der Waals surface area contributed by atoms with Crippen molar-refractivity contribution in [2.45, 2.75) is 0 Å². The van der Waals surface area contributed by atoms with Gasteiger partial charge >= 0.3 is 11.9 Å². The van der Waals surface area contributed by atoms with Crippen molar-refractivity contribution in [1.29, 1.82) is 0 Å². The number of rotatable bonds is 4. The van der Waals surface area contributed by atoms with Crippen LogP contribution in [0.5, 0.6) is 5.75 Å². The van der Waals surface area contributed by atoms with Crippen LogP contribution in [0.2, 0.25) is 0 Å². The molecule has 0 atom stereocenters. The Balaban J connectivity index is 1.98. The highest BCUT2D eigenvalue weighted by Gasteiger charge is 2.18. The van der Waals surface area contributed by atoms with Gasteiger partial charge in [-0.25, -0.2) is 9.59 Å². The third kappa shape index (κ3) is 3.64. The molecule has 0 aromatic heterocycles. The first-order chi connectivity index (χ1) is 13.4. The molecule has 0 radical (unpaired) electrons. The minimum absolute atomic E-state index is 0.0572. The number of carbonyl (C=O) groups excluding carboxylic acids is 3. The maximum Gasteiger partial charge on any atom is 0.337 e. The standard InChI is InChI=1S/C21H17NO6/c1-27-20(25)13-9-14(21(26)28-2)11-15(10-13)22-19(24)17-8-7-12-5-3-4-6-16(12)18(17)23/h3-11,23H,1-2H3,(H,22,24). The topological polar surface area (TPSA) is 102 Å². The molecule has 0 aliphatic heterocycles. The lowest BCUT2D eigenvalue weighted by atomic mass is 10.0. The number of esters is 2. The minimum atomic E-state index is -0.671. The van der Waals surface area contributed by atoms with Crippen LogP contribution in [0.15, 0.2) is 54.6 Å². The van der Waals surface area contributed by atoms with E-state index in [0.29, 0.717) is 5.39 Å². The first kappa shape index (κ1) is 18.9. The lowest BCUT2D eigenvalue weighted by Crippen LogP contribution is -2.14. The third-order valence-electron chi connectivity index (χ3n) is 4.18. The van der Waals surface area contributed by atoms with E-state index in [1.165, 1.54) is 38.5 Å². The number of anilines is 1. The highest BCUT2D eigenvalue weighted by atomic mass is 16.5. The second-order valence-electron chi connectivity index (χ2n) is 5.92. The molecule has 3 aromatic carbocycles. The fraction of sp³-hybridized carbons (Fsp3) is 0.0952. The van der Waals surface area contributed by atoms with Crippen molar-refractivity contribution >= 4 is 34.3 Å². The minimum Gasteiger partial charge on any atom is -0.506 e. The van der Waals surface area contributed by atoms with Crippen LogP contribution in [0.1, 0.15) is 31.1 Å². The number of aromatic hydroxyl groups is 1. The Morgan fingerprint density at radius 2 is 1.46 bits per heavy atom. The molecule has 1 amide bonds. The number of phenols is 1. The Kier molecular flexibility index (Phi) is 5.26. The summed E-state index contributed by atoms with van der Waals surface area (Å²) in [6.07, 6.45) is 0. The number of fused-ring (bicyclic) bond motifs is 1. The summed E-state index contributed by atoms with van der Waals surface area (Å²) >= 11 is 0. The first-order valence-electron chi connectivity index (χ1n) is 8.28. The molecular formula is C21H17NO6. The number of carbonyl (C=O) groups is 3. The van der Waals surface area contributed by atoms with E-state index in [0.717, 1.165) is 5.39 Å². The number of benzene rings is 3. The van der Waals surface area contributed by atoms with Crippen LogP contribution in [0.3, 0.4) is 0 Å². The molecule has 7 heteroatoms. The number of methoxy groups -OCH3 is 2. The molecule has 0 saturated carbocycles. The molecule has 0 heterocycles. The predicted molar refractivity (Wildman–Crippen MR) is 103 cm³/mol. The maximum atomic E-state index is 12.7. The second kappa shape index (κ2) is 7.79. The largest absolute Gasteiger partial charge is 0.506 e. The molecule has 3 rings (SSSR count). The van der Waals surface area contributed by atoms with Gasteiger partial charge in [0.1, 0.15) is 5.75 Å². The monoisotopic (exact) mass is 379 g/mol. The van der Waals surface area contributed by atoms with E-state index in [4.69, 9.17) is 0 Å². The highest BCUT2D eigenvalue weighted by molar-refractivity contribution is 6.10. The smallest absolute Gasteiger partial charge is 0.337 e. The lowest BCUT2D eigenvalue weighted by molar-refractivity contribution is 0.0599. The molecule has 7 nitrogen and oxygen atoms in total. The zero-order valence-corrected chi connectivity index (χ0v) is 15.2. The summed E-state index contributed by atoms with van der Waals surface area (Å²) < 4.78 is 9.35. The summed E-state index contributed by atoms with van der Waals surface area (Å²) in [4.78, 5) is 36.4. The molecule has 0 bridgehead atoms. The van der Waals surface area contributed by atoms with Crippen LogP contribution < -0.4 is 5.32 Å². The summed E-state index contributed by atoms with van der Waals surface area (Å²) in [5, 5.41) is 14.4. The van der Waals surface area contributed by atoms with Crippen molar-refractivity contribution < 1.29 is 29.0 Å². The van der Waals surface area contributed by atoms with Crippen molar-refractivity contribution in [2.24, 2.45) is 0 Å². The quantitative estimate of drug-likeness (QED) is 0.674. The molecule has 0 unspecified atom stereocenters. The molecule has 142 valence electrons. The van der Waals surface area contributed by atoms with Crippen LogP contribution in [0.25, 0.3) is 10.8 Å². The van der Waals surface area contributed by atoms with Gasteiger partial charge in [0, 0.05) is 11.1 Å². The number of hydrogen-bond donors (Lipinski definition) is 2. The molecule has 0 spiro atoms. The van der Waals surface area contributed by atoms with Crippen molar-refractivity contribution in [3.8, 4) is 5.75 Å². The highest BCUT2D eigenvalue weighted by Crippen LogP contribution is 2.29. The lowest BCUT2D eigenvalue weighted by Gasteiger charge is -2.11. The van der Waals surface area contributed by atoms with Gasteiger partial charge in [-0.2, -0.15) is 0 Å². The van der Waals surface area contributed by atoms with Crippen molar-refractivity contribution in [3.63, 3.8) is 0 Å². The van der Waals surface area contributed by atoms with E-state index < -0.39 is 17.8 Å². The second-order valence-corrected chi connectivity index (χ2v) is 5.92. The van der Waals surface area contributed by atoms with Gasteiger partial charge in [0.2, 0.25) is 0 Å². The van der Waals surface area contributed by atoms with Gasteiger partial charge in [-0.1, -0.05) is 30.3 Å². The van der Waals surface area contributed by atoms with Gasteiger partial charge in [0.15, 0.2) is 0 Å². The third-order valence-corrected chi connectivity index (χ3v) is 4.18. The number of nitrogens with one attached hydrogen (secondary N) is 1. The normalized spacial score (nSPS) is 10.4. The van der Waals surface area contributed by atoms with E-state index in [9.17, 15) is 19.5 Å². The van der Waals surface area contributed by atoms with Crippen LogP contribution in [-0.4, -0.2) is 37.2 Å². The Hall–Kier alpha value is -3.87. The summed E-state index contributed by atoms with van der Waals surface area (Å²) in [7, 11) is 2.41. The number of amides is 1. The van der Waals surface area contributed by atoms with Crippen LogP contribution >= 0.6 is 0 Å². The van der Waals surface area contributed by atoms with E-state index >= 15 is 0 Å². The van der Waals surface area contributed by atoms with E-state index in [1.807, 2.05) is 12.1 Å². The molecule has 3 aromatic rings. The van der Waals surface area contributed by atoms with Gasteiger partial charge in [-0.15, -0.1) is 0 Å². The van der Waals surface area contributed by atoms with Gasteiger partial charge in [-0.05, 0) is 29.7 Å². The van der Waals surface area contributed by atoms with Gasteiger partial charge in [0.05, 0.1) is 30.9 Å². The molecule has 0 aliphatic rings. The molecule has 28 heavy (non-hydrogen) atoms. The fourth-order valence-corrected chi connectivity index (χ4v) is 2.81.